The second-order valence-corrected chi connectivity index (χ2v) is 15.3. The predicted molar refractivity (Wildman–Crippen MR) is 144 cm³/mol. The zero-order valence-corrected chi connectivity index (χ0v) is 22.8. The Morgan fingerprint density at radius 2 is 1.47 bits per heavy atom. The van der Waals surface area contributed by atoms with Gasteiger partial charge in [-0.3, -0.25) is 9.59 Å². The van der Waals surface area contributed by atoms with E-state index in [-0.39, 0.29) is 24.5 Å². The van der Waals surface area contributed by atoms with Crippen LogP contribution < -0.4 is 16.4 Å². The maximum absolute atomic E-state index is 13.2. The normalized spacial score (nSPS) is 12.9. The van der Waals surface area contributed by atoms with Crippen LogP contribution in [0.25, 0.3) is 0 Å². The van der Waals surface area contributed by atoms with Crippen LogP contribution >= 0.6 is 0 Å². The van der Waals surface area contributed by atoms with Crippen LogP contribution in [0, 0.1) is 11.5 Å². The highest BCUT2D eigenvalue weighted by Crippen LogP contribution is 2.35. The average molecular weight is 508 g/mol. The Kier molecular flexibility index (Phi) is 10.3. The number of ether oxygens (including phenoxy) is 1. The van der Waals surface area contributed by atoms with Crippen molar-refractivity contribution in [3.05, 3.63) is 71.8 Å². The lowest BCUT2D eigenvalue weighted by Gasteiger charge is -2.31. The quantitative estimate of drug-likeness (QED) is 0.353. The first-order valence-electron chi connectivity index (χ1n) is 12.0. The fraction of sp³-hybridized carbons (Fsp3) is 0.393. The molecule has 36 heavy (non-hydrogen) atoms. The number of nitrogens with two attached hydrogens (primary N) is 1. The Bertz CT molecular complexity index is 1090. The second-order valence-electron chi connectivity index (χ2n) is 10.3. The molecule has 0 radical (unpaired) electrons. The molecule has 0 aromatic heterocycles. The van der Waals surface area contributed by atoms with Gasteiger partial charge in [-0.15, -0.1) is 11.5 Å². The minimum atomic E-state index is -1.88. The first-order valence-corrected chi connectivity index (χ1v) is 15.0. The van der Waals surface area contributed by atoms with E-state index < -0.39 is 38.1 Å². The predicted octanol–water partition coefficient (Wildman–Crippen LogP) is 3.94. The maximum Gasteiger partial charge on any atom is 0.408 e. The van der Waals surface area contributed by atoms with E-state index in [2.05, 4.69) is 56.0 Å². The second kappa shape index (κ2) is 12.9. The minimum absolute atomic E-state index is 0.0658. The van der Waals surface area contributed by atoms with Crippen molar-refractivity contribution in [2.24, 2.45) is 5.73 Å². The van der Waals surface area contributed by atoms with E-state index in [1.807, 2.05) is 60.7 Å². The summed E-state index contributed by atoms with van der Waals surface area (Å²) in [5.41, 5.74) is 10.6. The summed E-state index contributed by atoms with van der Waals surface area (Å²) in [6, 6.07) is 16.6. The highest BCUT2D eigenvalue weighted by atomic mass is 28.3. The largest absolute Gasteiger partial charge is 0.445 e. The molecule has 0 spiro atoms. The molecule has 0 saturated carbocycles. The summed E-state index contributed by atoms with van der Waals surface area (Å²) in [6.07, 6.45) is -0.415. The fourth-order valence-corrected chi connectivity index (χ4v) is 3.94. The van der Waals surface area contributed by atoms with E-state index >= 15 is 0 Å². The zero-order chi connectivity index (χ0) is 26.8. The van der Waals surface area contributed by atoms with E-state index in [1.165, 1.54) is 0 Å². The standard InChI is InChI=1S/C28H37N3O4Si/c1-28(2,3)36(4,5)18-12-17-23(25(29)32)30-26(33)24(19-21-13-8-6-9-14-21)31-27(34)35-20-22-15-10-7-11-16-22/h6-11,13-16,23-24H,17,19-20H2,1-5H3,(H2,29,32)(H,30,33)(H,31,34)/t23-,24+/m1/s1. The van der Waals surface area contributed by atoms with Crippen LogP contribution in [0.2, 0.25) is 18.1 Å². The smallest absolute Gasteiger partial charge is 0.408 e. The molecule has 192 valence electrons. The molecular weight excluding hydrogens is 470 g/mol. The molecule has 0 unspecified atom stereocenters. The molecule has 8 heteroatoms. The van der Waals surface area contributed by atoms with E-state index in [9.17, 15) is 14.4 Å². The Balaban J connectivity index is 2.11. The molecule has 2 atom stereocenters. The Morgan fingerprint density at radius 3 is 2.00 bits per heavy atom. The number of amides is 3. The third kappa shape index (κ3) is 9.23. The summed E-state index contributed by atoms with van der Waals surface area (Å²) in [5.74, 6) is 1.85. The third-order valence-corrected chi connectivity index (χ3v) is 10.9. The van der Waals surface area contributed by atoms with Crippen molar-refractivity contribution in [2.75, 3.05) is 0 Å². The van der Waals surface area contributed by atoms with Gasteiger partial charge < -0.3 is 21.1 Å². The van der Waals surface area contributed by atoms with Crippen molar-refractivity contribution in [3.8, 4) is 11.5 Å². The van der Waals surface area contributed by atoms with Crippen molar-refractivity contribution in [1.82, 2.24) is 10.6 Å². The number of carbonyl (C=O) groups is 3. The summed E-state index contributed by atoms with van der Waals surface area (Å²) >= 11 is 0. The van der Waals surface area contributed by atoms with Crippen molar-refractivity contribution in [1.29, 1.82) is 0 Å². The Hall–Kier alpha value is -3.57. The highest BCUT2D eigenvalue weighted by Gasteiger charge is 2.34. The van der Waals surface area contributed by atoms with Crippen LogP contribution in [-0.4, -0.2) is 38.1 Å². The SMILES string of the molecule is CC(C)(C)[Si](C)(C)C#CC[C@@H](NC(=O)[C@H](Cc1ccccc1)NC(=O)OCc1ccccc1)C(N)=O. The Labute approximate surface area is 215 Å². The molecule has 2 rings (SSSR count). The van der Waals surface area contributed by atoms with Crippen LogP contribution in [0.4, 0.5) is 4.79 Å². The molecule has 0 heterocycles. The minimum Gasteiger partial charge on any atom is -0.445 e. The first-order chi connectivity index (χ1) is 16.9. The van der Waals surface area contributed by atoms with E-state index in [0.29, 0.717) is 0 Å². The first kappa shape index (κ1) is 28.7. The van der Waals surface area contributed by atoms with Crippen LogP contribution in [0.3, 0.4) is 0 Å². The fourth-order valence-electron chi connectivity index (χ4n) is 3.02. The number of hydrogen-bond donors (Lipinski definition) is 3. The molecule has 0 saturated heterocycles. The van der Waals surface area contributed by atoms with Gasteiger partial charge in [0.1, 0.15) is 26.8 Å². The van der Waals surface area contributed by atoms with Crippen molar-refractivity contribution in [2.45, 2.75) is 70.4 Å². The molecule has 4 N–H and O–H groups in total. The summed E-state index contributed by atoms with van der Waals surface area (Å²) in [7, 11) is -1.88. The number of alkyl carbamates (subject to hydrolysis) is 1. The maximum atomic E-state index is 13.2. The number of hydrogen-bond acceptors (Lipinski definition) is 4. The molecule has 2 aromatic rings. The molecule has 2 aromatic carbocycles. The van der Waals surface area contributed by atoms with Gasteiger partial charge in [-0.25, -0.2) is 4.79 Å². The third-order valence-electron chi connectivity index (χ3n) is 6.35. The lowest BCUT2D eigenvalue weighted by Crippen LogP contribution is -2.53. The summed E-state index contributed by atoms with van der Waals surface area (Å²) in [6.45, 7) is 10.9. The molecule has 0 aliphatic carbocycles. The van der Waals surface area contributed by atoms with Gasteiger partial charge in [-0.05, 0) is 16.2 Å². The number of benzene rings is 2. The highest BCUT2D eigenvalue weighted by molar-refractivity contribution is 6.87. The topological polar surface area (TPSA) is 111 Å². The summed E-state index contributed by atoms with van der Waals surface area (Å²) < 4.78 is 5.29. The monoisotopic (exact) mass is 507 g/mol. The van der Waals surface area contributed by atoms with Crippen molar-refractivity contribution < 1.29 is 19.1 Å². The molecule has 7 nitrogen and oxygen atoms in total. The lowest BCUT2D eigenvalue weighted by atomic mass is 10.0. The number of nitrogens with one attached hydrogen (secondary N) is 2. The van der Waals surface area contributed by atoms with Crippen molar-refractivity contribution >= 4 is 26.0 Å². The van der Waals surface area contributed by atoms with E-state index in [4.69, 9.17) is 10.5 Å². The van der Waals surface area contributed by atoms with Crippen molar-refractivity contribution in [3.63, 3.8) is 0 Å². The van der Waals surface area contributed by atoms with Gasteiger partial charge in [0.2, 0.25) is 11.8 Å². The molecular formula is C28H37N3O4Si. The summed E-state index contributed by atoms with van der Waals surface area (Å²) in [4.78, 5) is 37.7. The summed E-state index contributed by atoms with van der Waals surface area (Å²) in [5, 5.41) is 5.36. The van der Waals surface area contributed by atoms with Gasteiger partial charge >= 0.3 is 6.09 Å². The van der Waals surface area contributed by atoms with Gasteiger partial charge in [0.05, 0.1) is 0 Å². The van der Waals surface area contributed by atoms with Crippen LogP contribution in [0.5, 0.6) is 0 Å². The van der Waals surface area contributed by atoms with Gasteiger partial charge in [-0.2, -0.15) is 0 Å². The molecule has 0 bridgehead atoms. The van der Waals surface area contributed by atoms with Crippen LogP contribution in [0.1, 0.15) is 38.3 Å². The molecule has 3 amide bonds. The van der Waals surface area contributed by atoms with E-state index in [0.717, 1.165) is 11.1 Å². The molecule has 0 fully saturated rings. The van der Waals surface area contributed by atoms with Crippen LogP contribution in [0.15, 0.2) is 60.7 Å². The number of rotatable bonds is 9. The number of carbonyl (C=O) groups excluding carboxylic acids is 3. The zero-order valence-electron chi connectivity index (χ0n) is 21.8. The lowest BCUT2D eigenvalue weighted by molar-refractivity contribution is -0.128. The average Bonchev–Trinajstić information content (AvgIpc) is 2.82. The van der Waals surface area contributed by atoms with Gasteiger partial charge in [0.15, 0.2) is 0 Å². The van der Waals surface area contributed by atoms with Crippen LogP contribution in [-0.2, 0) is 27.4 Å². The Morgan fingerprint density at radius 1 is 0.917 bits per heavy atom. The van der Waals surface area contributed by atoms with Gasteiger partial charge in [0.25, 0.3) is 0 Å². The van der Waals surface area contributed by atoms with Gasteiger partial charge in [-0.1, -0.05) is 94.5 Å². The number of primary amides is 1. The van der Waals surface area contributed by atoms with E-state index in [1.54, 1.807) is 0 Å². The van der Waals surface area contributed by atoms with Gasteiger partial charge in [0, 0.05) is 12.8 Å². The molecule has 0 aliphatic rings. The molecule has 0 aliphatic heterocycles.